The second-order valence-corrected chi connectivity index (χ2v) is 6.32. The average molecular weight is 205 g/mol. The Labute approximate surface area is 83.0 Å². The average Bonchev–Trinajstić information content (AvgIpc) is 1.81. The molecule has 1 atom stereocenters. The predicted molar refractivity (Wildman–Crippen MR) is 57.1 cm³/mol. The molecule has 0 bridgehead atoms. The van der Waals surface area contributed by atoms with Crippen molar-refractivity contribution >= 4 is 16.8 Å². The first kappa shape index (κ1) is 12.6. The van der Waals surface area contributed by atoms with E-state index in [0.717, 1.165) is 0 Å². The molecule has 0 saturated carbocycles. The number of carbonyl (C=O) groups is 1. The van der Waals surface area contributed by atoms with E-state index >= 15 is 0 Å². The van der Waals surface area contributed by atoms with Gasteiger partial charge in [0, 0.05) is 5.25 Å². The second-order valence-electron chi connectivity index (χ2n) is 4.14. The lowest BCUT2D eigenvalue weighted by Gasteiger charge is -2.17. The van der Waals surface area contributed by atoms with Crippen molar-refractivity contribution in [1.29, 1.82) is 0 Å². The summed E-state index contributed by atoms with van der Waals surface area (Å²) in [7, 11) is -0.236. The number of carbonyl (C=O) groups excluding carboxylic acids is 1. The van der Waals surface area contributed by atoms with Crippen molar-refractivity contribution in [2.45, 2.75) is 45.5 Å². The lowest BCUT2D eigenvalue weighted by molar-refractivity contribution is 0.0608. The zero-order valence-electron chi connectivity index (χ0n) is 9.25. The molecule has 0 aliphatic heterocycles. The molecule has 1 amide bonds. The van der Waals surface area contributed by atoms with Crippen molar-refractivity contribution in [2.24, 2.45) is 4.36 Å². The van der Waals surface area contributed by atoms with E-state index in [0.29, 0.717) is 5.25 Å². The predicted octanol–water partition coefficient (Wildman–Crippen LogP) is 2.76. The van der Waals surface area contributed by atoms with Crippen LogP contribution in [0.3, 0.4) is 0 Å². The fourth-order valence-electron chi connectivity index (χ4n) is 0.504. The van der Waals surface area contributed by atoms with Crippen LogP contribution in [0, 0.1) is 0 Å². The summed E-state index contributed by atoms with van der Waals surface area (Å²) in [4.78, 5) is 11.2. The molecule has 0 rings (SSSR count). The Morgan fingerprint density at radius 3 is 2.15 bits per heavy atom. The highest BCUT2D eigenvalue weighted by Gasteiger charge is 2.15. The van der Waals surface area contributed by atoms with Crippen LogP contribution in [-0.2, 0) is 15.4 Å². The van der Waals surface area contributed by atoms with Crippen LogP contribution < -0.4 is 0 Å². The maximum atomic E-state index is 11.2. The van der Waals surface area contributed by atoms with Crippen molar-refractivity contribution in [1.82, 2.24) is 0 Å². The summed E-state index contributed by atoms with van der Waals surface area (Å²) >= 11 is 0. The molecule has 0 aliphatic rings. The van der Waals surface area contributed by atoms with E-state index in [-0.39, 0.29) is 10.7 Å². The van der Waals surface area contributed by atoms with E-state index in [9.17, 15) is 4.79 Å². The van der Waals surface area contributed by atoms with Crippen LogP contribution in [-0.4, -0.2) is 23.2 Å². The normalized spacial score (nSPS) is 14.7. The molecular weight excluding hydrogens is 186 g/mol. The highest BCUT2D eigenvalue weighted by atomic mass is 32.2. The van der Waals surface area contributed by atoms with Gasteiger partial charge in [-0.3, -0.25) is 0 Å². The van der Waals surface area contributed by atoms with E-state index < -0.39 is 11.7 Å². The Kier molecular flexibility index (Phi) is 4.61. The number of amides is 1. The molecule has 0 aromatic rings. The van der Waals surface area contributed by atoms with Crippen LogP contribution in [0.2, 0.25) is 0 Å². The minimum atomic E-state index is -0.452. The van der Waals surface area contributed by atoms with Crippen LogP contribution in [0.4, 0.5) is 4.79 Å². The summed E-state index contributed by atoms with van der Waals surface area (Å²) in [5.74, 6) is 0. The Morgan fingerprint density at radius 1 is 1.38 bits per heavy atom. The summed E-state index contributed by atoms with van der Waals surface area (Å²) in [6, 6.07) is 0. The van der Waals surface area contributed by atoms with Gasteiger partial charge in [0.15, 0.2) is 0 Å². The van der Waals surface area contributed by atoms with Crippen molar-refractivity contribution in [3.8, 4) is 0 Å². The smallest absolute Gasteiger partial charge is 0.440 e. The standard InChI is InChI=1S/C9H19NO2S/c1-7(2)13(6)10-8(11)12-9(3,4)5/h7H,1-6H3/t13-/m1/s1. The zero-order chi connectivity index (χ0) is 10.6. The largest absolute Gasteiger partial charge is 0.442 e. The Balaban J connectivity index is 4.24. The van der Waals surface area contributed by atoms with E-state index in [1.807, 2.05) is 40.9 Å². The van der Waals surface area contributed by atoms with Gasteiger partial charge in [-0.1, -0.05) is 24.5 Å². The SMILES string of the molecule is CC(C)/[S@@](C)=N/C(=O)OC(C)(C)C. The summed E-state index contributed by atoms with van der Waals surface area (Å²) < 4.78 is 8.99. The first-order valence-electron chi connectivity index (χ1n) is 4.32. The Morgan fingerprint density at radius 2 is 1.85 bits per heavy atom. The number of hydrogen-bond donors (Lipinski definition) is 0. The summed E-state index contributed by atoms with van der Waals surface area (Å²) in [6.07, 6.45) is 1.49. The van der Waals surface area contributed by atoms with Crippen molar-refractivity contribution < 1.29 is 9.53 Å². The molecule has 0 unspecified atom stereocenters. The lowest BCUT2D eigenvalue weighted by Crippen LogP contribution is -2.22. The molecule has 0 aromatic heterocycles. The summed E-state index contributed by atoms with van der Waals surface area (Å²) in [5, 5.41) is 0.396. The lowest BCUT2D eigenvalue weighted by atomic mass is 10.2. The van der Waals surface area contributed by atoms with Crippen molar-refractivity contribution in [2.75, 3.05) is 6.26 Å². The van der Waals surface area contributed by atoms with E-state index in [4.69, 9.17) is 4.74 Å². The Hall–Kier alpha value is -0.380. The van der Waals surface area contributed by atoms with Gasteiger partial charge < -0.3 is 4.74 Å². The fourth-order valence-corrected chi connectivity index (χ4v) is 0.987. The zero-order valence-corrected chi connectivity index (χ0v) is 10.1. The number of nitrogens with zero attached hydrogens (tertiary/aromatic N) is 1. The second kappa shape index (κ2) is 4.74. The molecule has 0 saturated heterocycles. The molecule has 0 radical (unpaired) electrons. The number of hydrogen-bond acceptors (Lipinski definition) is 2. The number of ether oxygens (including phenoxy) is 1. The molecular formula is C9H19NO2S. The summed E-state index contributed by atoms with van der Waals surface area (Å²) in [5.41, 5.74) is -0.443. The van der Waals surface area contributed by atoms with Gasteiger partial charge in [0.25, 0.3) is 0 Å². The first-order chi connectivity index (χ1) is 5.72. The first-order valence-corrected chi connectivity index (χ1v) is 5.97. The van der Waals surface area contributed by atoms with Gasteiger partial charge in [0.1, 0.15) is 5.60 Å². The van der Waals surface area contributed by atoms with Gasteiger partial charge >= 0.3 is 6.09 Å². The van der Waals surface area contributed by atoms with Gasteiger partial charge in [-0.15, -0.1) is 0 Å². The van der Waals surface area contributed by atoms with Gasteiger partial charge in [-0.25, -0.2) is 4.79 Å². The molecule has 13 heavy (non-hydrogen) atoms. The van der Waals surface area contributed by atoms with E-state index in [2.05, 4.69) is 4.36 Å². The molecule has 0 spiro atoms. The van der Waals surface area contributed by atoms with Crippen molar-refractivity contribution in [3.05, 3.63) is 0 Å². The van der Waals surface area contributed by atoms with E-state index in [1.54, 1.807) is 0 Å². The molecule has 4 heteroatoms. The molecule has 0 aliphatic carbocycles. The third kappa shape index (κ3) is 6.75. The van der Waals surface area contributed by atoms with Crippen molar-refractivity contribution in [3.63, 3.8) is 0 Å². The maximum absolute atomic E-state index is 11.2. The minimum absolute atomic E-state index is 0.236. The van der Waals surface area contributed by atoms with Crippen LogP contribution in [0.25, 0.3) is 0 Å². The third-order valence-electron chi connectivity index (χ3n) is 1.29. The van der Waals surface area contributed by atoms with Gasteiger partial charge in [0.2, 0.25) is 0 Å². The van der Waals surface area contributed by atoms with Gasteiger partial charge in [-0.05, 0) is 27.0 Å². The third-order valence-corrected chi connectivity index (χ3v) is 3.10. The molecule has 0 heterocycles. The van der Waals surface area contributed by atoms with Gasteiger partial charge in [-0.2, -0.15) is 4.36 Å². The van der Waals surface area contributed by atoms with Crippen LogP contribution >= 0.6 is 0 Å². The molecule has 78 valence electrons. The van der Waals surface area contributed by atoms with Gasteiger partial charge in [0.05, 0.1) is 0 Å². The number of rotatable bonds is 1. The van der Waals surface area contributed by atoms with Crippen LogP contribution in [0.15, 0.2) is 4.36 Å². The monoisotopic (exact) mass is 205 g/mol. The highest BCUT2D eigenvalue weighted by molar-refractivity contribution is 7.87. The topological polar surface area (TPSA) is 38.7 Å². The fraction of sp³-hybridized carbons (Fsp3) is 0.889. The minimum Gasteiger partial charge on any atom is -0.442 e. The maximum Gasteiger partial charge on any atom is 0.440 e. The molecule has 0 fully saturated rings. The van der Waals surface area contributed by atoms with E-state index in [1.165, 1.54) is 0 Å². The molecule has 0 N–H and O–H groups in total. The Bertz CT molecular complexity index is 216. The summed E-state index contributed by atoms with van der Waals surface area (Å²) in [6.45, 7) is 9.59. The highest BCUT2D eigenvalue weighted by Crippen LogP contribution is 2.09. The molecule has 3 nitrogen and oxygen atoms in total. The van der Waals surface area contributed by atoms with Crippen LogP contribution in [0.1, 0.15) is 34.6 Å². The molecule has 0 aromatic carbocycles. The van der Waals surface area contributed by atoms with Crippen LogP contribution in [0.5, 0.6) is 0 Å². The quantitative estimate of drug-likeness (QED) is 0.660.